The summed E-state index contributed by atoms with van der Waals surface area (Å²) in [5, 5.41) is 14.6. The Labute approximate surface area is 251 Å². The lowest BCUT2D eigenvalue weighted by molar-refractivity contribution is -0.394. The van der Waals surface area contributed by atoms with E-state index in [2.05, 4.69) is 24.5 Å². The maximum atomic E-state index is 11.9. The number of anilines is 1. The van der Waals surface area contributed by atoms with E-state index in [9.17, 15) is 10.1 Å². The average molecular weight is 582 g/mol. The second-order valence-electron chi connectivity index (χ2n) is 11.3. The summed E-state index contributed by atoms with van der Waals surface area (Å²) < 4.78 is 21.4. The Balaban J connectivity index is 1.30. The molecule has 0 amide bonds. The van der Waals surface area contributed by atoms with Crippen molar-refractivity contribution in [2.75, 3.05) is 31.2 Å². The summed E-state index contributed by atoms with van der Waals surface area (Å²) in [7, 11) is 12.7. The molecule has 4 aromatic heterocycles. The molecule has 1 aliphatic carbocycles. The minimum absolute atomic E-state index is 0.0346. The van der Waals surface area contributed by atoms with Crippen molar-refractivity contribution in [2.45, 2.75) is 63.1 Å². The summed E-state index contributed by atoms with van der Waals surface area (Å²) in [4.78, 5) is 27.2. The van der Waals surface area contributed by atoms with E-state index in [1.165, 1.54) is 17.1 Å². The molecule has 0 N–H and O–H groups in total. The Morgan fingerprint density at radius 2 is 1.91 bits per heavy atom. The molecule has 2 aliphatic rings. The third kappa shape index (κ3) is 6.03. The van der Waals surface area contributed by atoms with Crippen LogP contribution >= 0.6 is 0 Å². The van der Waals surface area contributed by atoms with Crippen molar-refractivity contribution in [1.29, 1.82) is 0 Å². The van der Waals surface area contributed by atoms with Gasteiger partial charge in [-0.3, -0.25) is 4.98 Å². The van der Waals surface area contributed by atoms with Crippen LogP contribution in [0.5, 0.6) is 11.6 Å². The Morgan fingerprint density at radius 1 is 1.14 bits per heavy atom. The first-order valence-electron chi connectivity index (χ1n) is 14.5. The molecule has 1 aliphatic heterocycles. The van der Waals surface area contributed by atoms with Gasteiger partial charge in [0.2, 0.25) is 5.88 Å². The molecule has 220 valence electrons. The Bertz CT molecular complexity index is 1580. The minimum Gasteiger partial charge on any atom is -0.501 e. The molecule has 0 atom stereocenters. The first-order chi connectivity index (χ1) is 20.7. The SMILES string of the molecule is [B]C([B])(Oc1cnc2cc(N3CCOCC3)nc(OC3CCC(n4ccnc4)CC3)c2c1)c1cnn(C(C)C)c1[N+](=O)[O-]. The molecule has 0 unspecified atom stereocenters. The van der Waals surface area contributed by atoms with Crippen LogP contribution in [0.4, 0.5) is 11.6 Å². The van der Waals surface area contributed by atoms with Gasteiger partial charge >= 0.3 is 5.82 Å². The topological polar surface area (TPSA) is 135 Å². The van der Waals surface area contributed by atoms with Crippen molar-refractivity contribution in [3.63, 3.8) is 0 Å². The standard InChI is InChI=1S/C28H32B2N8O5/c1-18(2)37-27(38(39)40)23(16-33-37)28(29,30)43-21-13-22-24(32-15-21)14-25(35-9-11-41-12-10-35)34-26(22)42-20-5-3-19(4-6-20)36-8-7-31-17-36/h7-8,13-20H,3-6,9-12H2,1-2H3. The first kappa shape index (κ1) is 29.0. The molecule has 4 aromatic rings. The zero-order valence-corrected chi connectivity index (χ0v) is 24.2. The predicted molar refractivity (Wildman–Crippen MR) is 160 cm³/mol. The minimum atomic E-state index is -2.06. The zero-order valence-electron chi connectivity index (χ0n) is 24.2. The van der Waals surface area contributed by atoms with Crippen LogP contribution in [0.3, 0.4) is 0 Å². The number of ether oxygens (including phenoxy) is 3. The first-order valence-corrected chi connectivity index (χ1v) is 14.5. The van der Waals surface area contributed by atoms with Gasteiger partial charge < -0.3 is 33.8 Å². The summed E-state index contributed by atoms with van der Waals surface area (Å²) in [6.45, 7) is 6.20. The van der Waals surface area contributed by atoms with Gasteiger partial charge in [0.15, 0.2) is 0 Å². The highest BCUT2D eigenvalue weighted by atomic mass is 16.6. The summed E-state index contributed by atoms with van der Waals surface area (Å²) in [6.07, 6.45) is 12.0. The molecule has 5 heterocycles. The number of rotatable bonds is 9. The predicted octanol–water partition coefficient (Wildman–Crippen LogP) is 3.44. The highest BCUT2D eigenvalue weighted by Gasteiger charge is 2.35. The molecular weight excluding hydrogens is 550 g/mol. The second-order valence-corrected chi connectivity index (χ2v) is 11.3. The smallest absolute Gasteiger partial charge is 0.350 e. The van der Waals surface area contributed by atoms with E-state index in [1.807, 2.05) is 18.6 Å². The van der Waals surface area contributed by atoms with E-state index in [0.29, 0.717) is 49.1 Å². The number of aromatic nitrogens is 6. The monoisotopic (exact) mass is 582 g/mol. The molecule has 15 heteroatoms. The normalized spacial score (nSPS) is 19.6. The summed E-state index contributed by atoms with van der Waals surface area (Å²) in [5.74, 6) is 1.06. The van der Waals surface area contributed by atoms with Gasteiger partial charge in [-0.2, -0.15) is 4.98 Å². The van der Waals surface area contributed by atoms with E-state index in [-0.39, 0.29) is 29.3 Å². The fourth-order valence-corrected chi connectivity index (χ4v) is 5.71. The lowest BCUT2D eigenvalue weighted by Gasteiger charge is -2.31. The lowest BCUT2D eigenvalue weighted by atomic mass is 9.61. The number of imidazole rings is 1. The highest BCUT2D eigenvalue weighted by molar-refractivity contribution is 6.39. The van der Waals surface area contributed by atoms with Gasteiger partial charge in [-0.1, -0.05) is 5.10 Å². The van der Waals surface area contributed by atoms with Crippen LogP contribution in [0.25, 0.3) is 10.9 Å². The van der Waals surface area contributed by atoms with Crippen molar-refractivity contribution in [2.24, 2.45) is 0 Å². The van der Waals surface area contributed by atoms with E-state index < -0.39 is 10.3 Å². The molecule has 1 saturated carbocycles. The largest absolute Gasteiger partial charge is 0.501 e. The third-order valence-electron chi connectivity index (χ3n) is 7.95. The quantitative estimate of drug-likeness (QED) is 0.164. The molecule has 13 nitrogen and oxygen atoms in total. The van der Waals surface area contributed by atoms with Crippen LogP contribution < -0.4 is 14.4 Å². The van der Waals surface area contributed by atoms with E-state index >= 15 is 0 Å². The molecule has 43 heavy (non-hydrogen) atoms. The van der Waals surface area contributed by atoms with Crippen molar-refractivity contribution in [1.82, 2.24) is 29.3 Å². The summed E-state index contributed by atoms with van der Waals surface area (Å²) >= 11 is 0. The fourth-order valence-electron chi connectivity index (χ4n) is 5.71. The molecule has 2 fully saturated rings. The Hall–Kier alpha value is -4.13. The van der Waals surface area contributed by atoms with Gasteiger partial charge in [0.05, 0.1) is 53.8 Å². The molecule has 0 aromatic carbocycles. The van der Waals surface area contributed by atoms with Gasteiger partial charge in [-0.05, 0) is 50.5 Å². The molecule has 1 saturated heterocycles. The molecule has 0 spiro atoms. The van der Waals surface area contributed by atoms with Crippen LogP contribution in [0, 0.1) is 10.1 Å². The Kier molecular flexibility index (Phi) is 7.99. The molecule has 4 radical (unpaired) electrons. The van der Waals surface area contributed by atoms with Crippen molar-refractivity contribution in [3.8, 4) is 11.6 Å². The molecular formula is C28H32B2N8O5. The van der Waals surface area contributed by atoms with Crippen LogP contribution in [0.15, 0.2) is 43.2 Å². The number of hydrogen-bond acceptors (Lipinski definition) is 10. The van der Waals surface area contributed by atoms with Crippen molar-refractivity contribution < 1.29 is 19.1 Å². The lowest BCUT2D eigenvalue weighted by Crippen LogP contribution is -2.37. The summed E-state index contributed by atoms with van der Waals surface area (Å²) in [6, 6.07) is 3.72. The third-order valence-corrected chi connectivity index (χ3v) is 7.95. The van der Waals surface area contributed by atoms with Gasteiger partial charge in [-0.15, -0.1) is 4.68 Å². The van der Waals surface area contributed by atoms with Gasteiger partial charge in [0.25, 0.3) is 0 Å². The van der Waals surface area contributed by atoms with Crippen molar-refractivity contribution in [3.05, 3.63) is 58.9 Å². The number of fused-ring (bicyclic) bond motifs is 1. The number of nitro groups is 1. The molecule has 0 bridgehead atoms. The van der Waals surface area contributed by atoms with Crippen LogP contribution in [0.2, 0.25) is 0 Å². The average Bonchev–Trinajstić information content (AvgIpc) is 3.70. The number of morpholine rings is 1. The van der Waals surface area contributed by atoms with E-state index in [0.717, 1.165) is 31.5 Å². The second kappa shape index (κ2) is 11.9. The van der Waals surface area contributed by atoms with Crippen LogP contribution in [0.1, 0.15) is 57.2 Å². The maximum Gasteiger partial charge on any atom is 0.350 e. The maximum absolute atomic E-state index is 11.9. The van der Waals surface area contributed by atoms with Gasteiger partial charge in [-0.25, -0.2) is 4.98 Å². The number of pyridine rings is 2. The van der Waals surface area contributed by atoms with E-state index in [1.54, 1.807) is 26.1 Å². The van der Waals surface area contributed by atoms with Gasteiger partial charge in [0, 0.05) is 37.6 Å². The fraction of sp³-hybridized carbons (Fsp3) is 0.500. The Morgan fingerprint density at radius 3 is 2.58 bits per heavy atom. The summed E-state index contributed by atoms with van der Waals surface area (Å²) in [5.41, 5.74) is 0.599. The van der Waals surface area contributed by atoms with Crippen LogP contribution in [-0.2, 0) is 10.1 Å². The van der Waals surface area contributed by atoms with Crippen molar-refractivity contribution >= 4 is 38.2 Å². The van der Waals surface area contributed by atoms with E-state index in [4.69, 9.17) is 34.9 Å². The molecule has 6 rings (SSSR count). The van der Waals surface area contributed by atoms with Gasteiger partial charge in [0.1, 0.15) is 39.4 Å². The number of hydrogen-bond donors (Lipinski definition) is 0. The van der Waals surface area contributed by atoms with Crippen LogP contribution in [-0.4, -0.2) is 82.3 Å². The highest BCUT2D eigenvalue weighted by Crippen LogP contribution is 2.37. The number of nitrogens with zero attached hydrogens (tertiary/aromatic N) is 8. The zero-order chi connectivity index (χ0) is 30.1.